The number of piperazine rings is 1. The smallest absolute Gasteiger partial charge is 0.0234 e. The van der Waals surface area contributed by atoms with Crippen LogP contribution in [0.5, 0.6) is 0 Å². The van der Waals surface area contributed by atoms with E-state index in [-0.39, 0.29) is 0 Å². The fourth-order valence-corrected chi connectivity index (χ4v) is 4.02. The molecule has 0 spiro atoms. The molecule has 1 aromatic carbocycles. The summed E-state index contributed by atoms with van der Waals surface area (Å²) in [7, 11) is 0. The van der Waals surface area contributed by atoms with Gasteiger partial charge in [-0.1, -0.05) is 37.3 Å². The highest BCUT2D eigenvalue weighted by Gasteiger charge is 2.33. The molecule has 0 amide bonds. The minimum atomic E-state index is 0.674. The zero-order valence-corrected chi connectivity index (χ0v) is 13.5. The van der Waals surface area contributed by atoms with E-state index in [0.717, 1.165) is 18.5 Å². The van der Waals surface area contributed by atoms with E-state index in [1.807, 2.05) is 0 Å². The third-order valence-corrected chi connectivity index (χ3v) is 5.18. The molecule has 3 heteroatoms. The van der Waals surface area contributed by atoms with Crippen LogP contribution in [0.25, 0.3) is 0 Å². The number of rotatable bonds is 3. The Labute approximate surface area is 129 Å². The van der Waals surface area contributed by atoms with Gasteiger partial charge in [0.15, 0.2) is 0 Å². The Morgan fingerprint density at radius 2 is 1.95 bits per heavy atom. The van der Waals surface area contributed by atoms with Gasteiger partial charge in [-0.3, -0.25) is 9.80 Å². The lowest BCUT2D eigenvalue weighted by atomic mass is 9.92. The van der Waals surface area contributed by atoms with Crippen molar-refractivity contribution in [2.75, 3.05) is 32.7 Å². The van der Waals surface area contributed by atoms with Crippen molar-refractivity contribution in [2.45, 2.75) is 38.9 Å². The van der Waals surface area contributed by atoms with Crippen molar-refractivity contribution in [3.63, 3.8) is 0 Å². The van der Waals surface area contributed by atoms with Crippen molar-refractivity contribution < 1.29 is 0 Å². The Kier molecular flexibility index (Phi) is 4.94. The highest BCUT2D eigenvalue weighted by Crippen LogP contribution is 2.23. The maximum atomic E-state index is 3.52. The fourth-order valence-electron chi connectivity index (χ4n) is 4.02. The van der Waals surface area contributed by atoms with Crippen molar-refractivity contribution in [3.05, 3.63) is 35.9 Å². The van der Waals surface area contributed by atoms with E-state index in [1.54, 1.807) is 0 Å². The molecule has 0 saturated carbocycles. The number of hydrogen-bond acceptors (Lipinski definition) is 3. The van der Waals surface area contributed by atoms with E-state index in [4.69, 9.17) is 0 Å². The Morgan fingerprint density at radius 1 is 1.14 bits per heavy atom. The van der Waals surface area contributed by atoms with E-state index >= 15 is 0 Å². The quantitative estimate of drug-likeness (QED) is 0.919. The van der Waals surface area contributed by atoms with Crippen LogP contribution < -0.4 is 5.32 Å². The minimum absolute atomic E-state index is 0.674. The normalized spacial score (nSPS) is 32.2. The molecule has 1 N–H and O–H groups in total. The molecule has 3 rings (SSSR count). The predicted octanol–water partition coefficient (Wildman–Crippen LogP) is 2.19. The average Bonchev–Trinajstić information content (AvgIpc) is 2.50. The van der Waals surface area contributed by atoms with Crippen LogP contribution in [0.15, 0.2) is 30.3 Å². The molecule has 3 atom stereocenters. The monoisotopic (exact) mass is 287 g/mol. The SMILES string of the molecule is CC1CNCCC1N1CCN(Cc2ccccc2)CC1C. The van der Waals surface area contributed by atoms with Gasteiger partial charge in [0.25, 0.3) is 0 Å². The number of piperidine rings is 1. The maximum absolute atomic E-state index is 3.52. The molecule has 21 heavy (non-hydrogen) atoms. The third kappa shape index (κ3) is 3.65. The van der Waals surface area contributed by atoms with Crippen LogP contribution in [-0.4, -0.2) is 54.6 Å². The summed E-state index contributed by atoms with van der Waals surface area (Å²) >= 11 is 0. The van der Waals surface area contributed by atoms with Crippen LogP contribution in [0.2, 0.25) is 0 Å². The van der Waals surface area contributed by atoms with Gasteiger partial charge in [0, 0.05) is 38.3 Å². The molecule has 0 aromatic heterocycles. The summed E-state index contributed by atoms with van der Waals surface area (Å²) in [5.74, 6) is 0.780. The van der Waals surface area contributed by atoms with Crippen molar-refractivity contribution in [2.24, 2.45) is 5.92 Å². The second-order valence-corrected chi connectivity index (χ2v) is 6.84. The Hall–Kier alpha value is -0.900. The van der Waals surface area contributed by atoms with Gasteiger partial charge in [0.05, 0.1) is 0 Å². The zero-order valence-electron chi connectivity index (χ0n) is 13.5. The maximum Gasteiger partial charge on any atom is 0.0234 e. The molecule has 2 heterocycles. The molecule has 1 aromatic rings. The Balaban J connectivity index is 1.56. The van der Waals surface area contributed by atoms with Crippen molar-refractivity contribution in [1.29, 1.82) is 0 Å². The molecule has 2 aliphatic heterocycles. The predicted molar refractivity (Wildman–Crippen MR) is 88.3 cm³/mol. The molecule has 0 aliphatic carbocycles. The highest BCUT2D eigenvalue weighted by molar-refractivity contribution is 5.14. The molecule has 116 valence electrons. The first kappa shape index (κ1) is 15.0. The van der Waals surface area contributed by atoms with Gasteiger partial charge in [-0.25, -0.2) is 0 Å². The standard InChI is InChI=1S/C18H29N3/c1-15-12-19-9-8-18(15)21-11-10-20(13-16(21)2)14-17-6-4-3-5-7-17/h3-7,15-16,18-19H,8-14H2,1-2H3. The molecule has 3 unspecified atom stereocenters. The molecule has 2 aliphatic rings. The van der Waals surface area contributed by atoms with Crippen molar-refractivity contribution >= 4 is 0 Å². The molecule has 2 fully saturated rings. The average molecular weight is 287 g/mol. The summed E-state index contributed by atoms with van der Waals surface area (Å²) in [6, 6.07) is 12.3. The van der Waals surface area contributed by atoms with Gasteiger partial charge in [-0.2, -0.15) is 0 Å². The van der Waals surface area contributed by atoms with Gasteiger partial charge in [0.1, 0.15) is 0 Å². The summed E-state index contributed by atoms with van der Waals surface area (Å²) in [6.07, 6.45) is 1.31. The van der Waals surface area contributed by atoms with Crippen LogP contribution in [0.4, 0.5) is 0 Å². The molecule has 3 nitrogen and oxygen atoms in total. The first-order valence-corrected chi connectivity index (χ1v) is 8.47. The Morgan fingerprint density at radius 3 is 2.67 bits per heavy atom. The fraction of sp³-hybridized carbons (Fsp3) is 0.667. The first-order valence-electron chi connectivity index (χ1n) is 8.47. The summed E-state index contributed by atoms with van der Waals surface area (Å²) in [6.45, 7) is 11.9. The summed E-state index contributed by atoms with van der Waals surface area (Å²) in [5, 5.41) is 3.52. The van der Waals surface area contributed by atoms with Gasteiger partial charge < -0.3 is 5.32 Å². The lowest BCUT2D eigenvalue weighted by molar-refractivity contribution is 0.0162. The van der Waals surface area contributed by atoms with Crippen LogP contribution >= 0.6 is 0 Å². The second-order valence-electron chi connectivity index (χ2n) is 6.84. The van der Waals surface area contributed by atoms with Gasteiger partial charge in [0.2, 0.25) is 0 Å². The Bertz CT molecular complexity index is 433. The van der Waals surface area contributed by atoms with Crippen LogP contribution in [0.1, 0.15) is 25.8 Å². The number of hydrogen-bond donors (Lipinski definition) is 1. The van der Waals surface area contributed by atoms with Gasteiger partial charge in [-0.15, -0.1) is 0 Å². The van der Waals surface area contributed by atoms with E-state index in [2.05, 4.69) is 59.3 Å². The third-order valence-electron chi connectivity index (χ3n) is 5.18. The number of nitrogens with one attached hydrogen (secondary N) is 1. The van der Waals surface area contributed by atoms with Crippen LogP contribution in [0, 0.1) is 5.92 Å². The zero-order chi connectivity index (χ0) is 14.7. The highest BCUT2D eigenvalue weighted by atomic mass is 15.3. The number of nitrogens with zero attached hydrogens (tertiary/aromatic N) is 2. The topological polar surface area (TPSA) is 18.5 Å². The molecular weight excluding hydrogens is 258 g/mol. The van der Waals surface area contributed by atoms with E-state index in [1.165, 1.54) is 44.7 Å². The van der Waals surface area contributed by atoms with Crippen molar-refractivity contribution in [3.8, 4) is 0 Å². The number of benzene rings is 1. The van der Waals surface area contributed by atoms with E-state index in [9.17, 15) is 0 Å². The molecule has 0 bridgehead atoms. The van der Waals surface area contributed by atoms with Crippen LogP contribution in [-0.2, 0) is 6.54 Å². The largest absolute Gasteiger partial charge is 0.316 e. The van der Waals surface area contributed by atoms with Crippen molar-refractivity contribution in [1.82, 2.24) is 15.1 Å². The van der Waals surface area contributed by atoms with E-state index < -0.39 is 0 Å². The molecular formula is C18H29N3. The molecule has 0 radical (unpaired) electrons. The van der Waals surface area contributed by atoms with E-state index in [0.29, 0.717) is 6.04 Å². The van der Waals surface area contributed by atoms with Gasteiger partial charge in [-0.05, 0) is 37.9 Å². The van der Waals surface area contributed by atoms with Gasteiger partial charge >= 0.3 is 0 Å². The summed E-state index contributed by atoms with van der Waals surface area (Å²) in [5.41, 5.74) is 1.44. The first-order chi connectivity index (χ1) is 10.2. The summed E-state index contributed by atoms with van der Waals surface area (Å²) < 4.78 is 0. The lowest BCUT2D eigenvalue weighted by Crippen LogP contribution is -2.59. The summed E-state index contributed by atoms with van der Waals surface area (Å²) in [4.78, 5) is 5.38. The minimum Gasteiger partial charge on any atom is -0.316 e. The van der Waals surface area contributed by atoms with Crippen LogP contribution in [0.3, 0.4) is 0 Å². The lowest BCUT2D eigenvalue weighted by Gasteiger charge is -2.47. The second kappa shape index (κ2) is 6.91. The molecule has 2 saturated heterocycles.